The van der Waals surface area contributed by atoms with Gasteiger partial charge in [-0.1, -0.05) is 12.2 Å². The van der Waals surface area contributed by atoms with E-state index < -0.39 is 0 Å². The molecule has 2 rings (SSSR count). The van der Waals surface area contributed by atoms with Crippen LogP contribution in [0.4, 0.5) is 5.69 Å². The number of aryl methyl sites for hydroxylation is 2. The molecule has 0 aliphatic carbocycles. The van der Waals surface area contributed by atoms with Gasteiger partial charge in [0.2, 0.25) is 0 Å². The fourth-order valence-corrected chi connectivity index (χ4v) is 3.06. The Morgan fingerprint density at radius 3 is 2.42 bits per heavy atom. The van der Waals surface area contributed by atoms with Crippen LogP contribution in [0.1, 0.15) is 34.1 Å². The molecule has 0 fully saturated rings. The third-order valence-corrected chi connectivity index (χ3v) is 4.38. The molecule has 0 spiro atoms. The van der Waals surface area contributed by atoms with Gasteiger partial charge in [0.15, 0.2) is 0 Å². The van der Waals surface area contributed by atoms with E-state index in [4.69, 9.17) is 18.0 Å². The van der Waals surface area contributed by atoms with Crippen LogP contribution >= 0.6 is 23.6 Å². The van der Waals surface area contributed by atoms with Crippen molar-refractivity contribution < 1.29 is 0 Å². The minimum absolute atomic E-state index is 0.238. The van der Waals surface area contributed by atoms with Crippen molar-refractivity contribution in [3.05, 3.63) is 45.4 Å². The summed E-state index contributed by atoms with van der Waals surface area (Å²) >= 11 is 6.68. The molecule has 0 aliphatic heterocycles. The van der Waals surface area contributed by atoms with E-state index in [1.54, 1.807) is 11.3 Å². The van der Waals surface area contributed by atoms with Crippen molar-refractivity contribution in [3.8, 4) is 0 Å². The van der Waals surface area contributed by atoms with E-state index in [0.717, 1.165) is 22.0 Å². The summed E-state index contributed by atoms with van der Waals surface area (Å²) in [4.78, 5) is 6.15. The molecule has 0 saturated carbocycles. The standard InChI is InChI=1S/C14H17N3S2/c1-8-13(19-10(3)16-8)9(2)17-12-6-4-11(5-7-12)14(15)18/h4-7,9,17H,1-3H3,(H2,15,18). The molecule has 1 atom stereocenters. The fourth-order valence-electron chi connectivity index (χ4n) is 2.00. The summed E-state index contributed by atoms with van der Waals surface area (Å²) in [5.41, 5.74) is 8.62. The van der Waals surface area contributed by atoms with E-state index in [2.05, 4.69) is 17.2 Å². The van der Waals surface area contributed by atoms with E-state index in [1.807, 2.05) is 38.1 Å². The molecule has 1 unspecified atom stereocenters. The topological polar surface area (TPSA) is 50.9 Å². The van der Waals surface area contributed by atoms with Crippen LogP contribution in [-0.4, -0.2) is 9.97 Å². The number of hydrogen-bond donors (Lipinski definition) is 2. The van der Waals surface area contributed by atoms with Gasteiger partial charge in [0.1, 0.15) is 4.99 Å². The third-order valence-electron chi connectivity index (χ3n) is 2.89. The first-order chi connectivity index (χ1) is 8.97. The summed E-state index contributed by atoms with van der Waals surface area (Å²) in [5, 5.41) is 4.57. The maximum Gasteiger partial charge on any atom is 0.103 e. The summed E-state index contributed by atoms with van der Waals surface area (Å²) < 4.78 is 0. The number of rotatable bonds is 4. The van der Waals surface area contributed by atoms with Crippen LogP contribution in [0.5, 0.6) is 0 Å². The number of benzene rings is 1. The highest BCUT2D eigenvalue weighted by molar-refractivity contribution is 7.80. The molecule has 100 valence electrons. The fraction of sp³-hybridized carbons (Fsp3) is 0.286. The number of thiocarbonyl (C=S) groups is 1. The summed E-state index contributed by atoms with van der Waals surface area (Å²) in [6.07, 6.45) is 0. The van der Waals surface area contributed by atoms with Crippen molar-refractivity contribution in [3.63, 3.8) is 0 Å². The number of aromatic nitrogens is 1. The Kier molecular flexibility index (Phi) is 4.17. The van der Waals surface area contributed by atoms with E-state index in [9.17, 15) is 0 Å². The molecule has 0 bridgehead atoms. The molecule has 0 amide bonds. The summed E-state index contributed by atoms with van der Waals surface area (Å²) in [7, 11) is 0. The minimum Gasteiger partial charge on any atom is -0.389 e. The van der Waals surface area contributed by atoms with E-state index >= 15 is 0 Å². The molecule has 19 heavy (non-hydrogen) atoms. The second-order valence-corrected chi connectivity index (χ2v) is 6.16. The van der Waals surface area contributed by atoms with Crippen LogP contribution in [0.2, 0.25) is 0 Å². The lowest BCUT2D eigenvalue weighted by Gasteiger charge is -2.14. The smallest absolute Gasteiger partial charge is 0.103 e. The molecule has 1 aromatic carbocycles. The van der Waals surface area contributed by atoms with E-state index in [-0.39, 0.29) is 6.04 Å². The Labute approximate surface area is 122 Å². The van der Waals surface area contributed by atoms with Crippen LogP contribution in [0, 0.1) is 13.8 Å². The molecular weight excluding hydrogens is 274 g/mol. The highest BCUT2D eigenvalue weighted by atomic mass is 32.1. The lowest BCUT2D eigenvalue weighted by molar-refractivity contribution is 0.890. The lowest BCUT2D eigenvalue weighted by Crippen LogP contribution is -2.10. The van der Waals surface area contributed by atoms with Crippen molar-refractivity contribution in [1.82, 2.24) is 4.98 Å². The molecule has 1 aromatic heterocycles. The predicted octanol–water partition coefficient (Wildman–Crippen LogP) is 3.57. The zero-order chi connectivity index (χ0) is 14.0. The maximum atomic E-state index is 5.58. The Morgan fingerprint density at radius 2 is 1.95 bits per heavy atom. The van der Waals surface area contributed by atoms with Crippen molar-refractivity contribution in [2.75, 3.05) is 5.32 Å². The summed E-state index contributed by atoms with van der Waals surface area (Å²) in [6, 6.07) is 8.09. The number of nitrogens with one attached hydrogen (secondary N) is 1. The average molecular weight is 291 g/mol. The third kappa shape index (κ3) is 3.30. The van der Waals surface area contributed by atoms with Crippen LogP contribution in [-0.2, 0) is 0 Å². The number of nitrogens with zero attached hydrogens (tertiary/aromatic N) is 1. The normalized spacial score (nSPS) is 12.2. The highest BCUT2D eigenvalue weighted by Gasteiger charge is 2.12. The largest absolute Gasteiger partial charge is 0.389 e. The lowest BCUT2D eigenvalue weighted by atomic mass is 10.2. The quantitative estimate of drug-likeness (QED) is 0.846. The second kappa shape index (κ2) is 5.67. The van der Waals surface area contributed by atoms with E-state index in [1.165, 1.54) is 4.88 Å². The van der Waals surface area contributed by atoms with Gasteiger partial charge in [0.25, 0.3) is 0 Å². The first-order valence-corrected chi connectivity index (χ1v) is 7.30. The number of hydrogen-bond acceptors (Lipinski definition) is 4. The SMILES string of the molecule is Cc1nc(C)c(C(C)Nc2ccc(C(N)=S)cc2)s1. The molecule has 3 nitrogen and oxygen atoms in total. The van der Waals surface area contributed by atoms with Crippen LogP contribution in [0.3, 0.4) is 0 Å². The van der Waals surface area contributed by atoms with Crippen molar-refractivity contribution in [2.45, 2.75) is 26.8 Å². The number of thiazole rings is 1. The molecule has 0 radical (unpaired) electrons. The van der Waals surface area contributed by atoms with Crippen LogP contribution < -0.4 is 11.1 Å². The van der Waals surface area contributed by atoms with Crippen molar-refractivity contribution in [1.29, 1.82) is 0 Å². The number of nitrogens with two attached hydrogens (primary N) is 1. The molecule has 0 saturated heterocycles. The minimum atomic E-state index is 0.238. The van der Waals surface area contributed by atoms with Gasteiger partial charge in [0, 0.05) is 16.1 Å². The van der Waals surface area contributed by atoms with Gasteiger partial charge in [-0.15, -0.1) is 11.3 Å². The average Bonchev–Trinajstić information content (AvgIpc) is 2.69. The molecular formula is C14H17N3S2. The van der Waals surface area contributed by atoms with Gasteiger partial charge in [0.05, 0.1) is 16.7 Å². The Hall–Kier alpha value is -1.46. The van der Waals surface area contributed by atoms with Crippen molar-refractivity contribution >= 4 is 34.2 Å². The Balaban J connectivity index is 2.12. The Morgan fingerprint density at radius 1 is 1.32 bits per heavy atom. The van der Waals surface area contributed by atoms with Gasteiger partial charge >= 0.3 is 0 Å². The maximum absolute atomic E-state index is 5.58. The van der Waals surface area contributed by atoms with Gasteiger partial charge < -0.3 is 11.1 Å². The second-order valence-electron chi connectivity index (χ2n) is 4.49. The molecule has 2 aromatic rings. The van der Waals surface area contributed by atoms with Gasteiger partial charge in [-0.25, -0.2) is 4.98 Å². The first-order valence-electron chi connectivity index (χ1n) is 6.07. The highest BCUT2D eigenvalue weighted by Crippen LogP contribution is 2.27. The van der Waals surface area contributed by atoms with Gasteiger partial charge in [-0.05, 0) is 45.0 Å². The number of anilines is 1. The van der Waals surface area contributed by atoms with Gasteiger partial charge in [-0.2, -0.15) is 0 Å². The zero-order valence-electron chi connectivity index (χ0n) is 11.2. The molecule has 5 heteroatoms. The zero-order valence-corrected chi connectivity index (χ0v) is 12.9. The van der Waals surface area contributed by atoms with E-state index in [0.29, 0.717) is 4.99 Å². The van der Waals surface area contributed by atoms with Crippen molar-refractivity contribution in [2.24, 2.45) is 5.73 Å². The molecule has 3 N–H and O–H groups in total. The summed E-state index contributed by atoms with van der Waals surface area (Å²) in [6.45, 7) is 6.22. The van der Waals surface area contributed by atoms with Crippen LogP contribution in [0.25, 0.3) is 0 Å². The van der Waals surface area contributed by atoms with Crippen LogP contribution in [0.15, 0.2) is 24.3 Å². The first kappa shape index (κ1) is 14.0. The predicted molar refractivity (Wildman–Crippen MR) is 86.0 cm³/mol. The summed E-state index contributed by atoms with van der Waals surface area (Å²) in [5.74, 6) is 0. The Bertz CT molecular complexity index is 587. The van der Waals surface area contributed by atoms with Gasteiger partial charge in [-0.3, -0.25) is 0 Å². The molecule has 1 heterocycles. The molecule has 0 aliphatic rings. The monoisotopic (exact) mass is 291 g/mol.